The van der Waals surface area contributed by atoms with Gasteiger partial charge in [-0.05, 0) is 37.1 Å². The predicted molar refractivity (Wildman–Crippen MR) is 104 cm³/mol. The first-order valence-electron chi connectivity index (χ1n) is 8.48. The molecule has 0 saturated heterocycles. The van der Waals surface area contributed by atoms with Crippen molar-refractivity contribution in [1.29, 1.82) is 0 Å². The SMILES string of the molecule is O=C(Nc1nc2c(s1)CN(S(=O)(=O)c1ccc(Br)cc1)CC2)C1CCC1. The Morgan fingerprint density at radius 1 is 1.27 bits per heavy atom. The maximum atomic E-state index is 12.9. The van der Waals surface area contributed by atoms with Crippen molar-refractivity contribution in [2.75, 3.05) is 11.9 Å². The Balaban J connectivity index is 1.50. The van der Waals surface area contributed by atoms with Crippen LogP contribution >= 0.6 is 27.3 Å². The van der Waals surface area contributed by atoms with Gasteiger partial charge in [-0.2, -0.15) is 4.31 Å². The molecule has 4 rings (SSSR count). The molecule has 6 nitrogen and oxygen atoms in total. The van der Waals surface area contributed by atoms with Crippen LogP contribution in [0.5, 0.6) is 0 Å². The predicted octanol–water partition coefficient (Wildman–Crippen LogP) is 3.39. The number of amides is 1. The van der Waals surface area contributed by atoms with Crippen molar-refractivity contribution in [3.8, 4) is 0 Å². The number of hydrogen-bond acceptors (Lipinski definition) is 5. The first-order valence-corrected chi connectivity index (χ1v) is 11.5. The summed E-state index contributed by atoms with van der Waals surface area (Å²) in [5.41, 5.74) is 0.890. The molecule has 26 heavy (non-hydrogen) atoms. The maximum Gasteiger partial charge on any atom is 0.243 e. The Morgan fingerprint density at radius 3 is 2.65 bits per heavy atom. The third kappa shape index (κ3) is 3.45. The molecule has 0 spiro atoms. The van der Waals surface area contributed by atoms with Crippen LogP contribution in [-0.4, -0.2) is 30.2 Å². The molecule has 2 aliphatic rings. The molecule has 0 bridgehead atoms. The first kappa shape index (κ1) is 18.1. The normalized spacial score (nSPS) is 18.2. The molecular weight excluding hydrogens is 438 g/mol. The van der Waals surface area contributed by atoms with E-state index in [0.717, 1.165) is 34.3 Å². The molecule has 9 heteroatoms. The van der Waals surface area contributed by atoms with Gasteiger partial charge in [-0.1, -0.05) is 22.4 Å². The second-order valence-corrected chi connectivity index (χ2v) is 10.5. The third-order valence-corrected chi connectivity index (χ3v) is 8.24. The number of sulfonamides is 1. The van der Waals surface area contributed by atoms with Crippen LogP contribution in [0, 0.1) is 5.92 Å². The van der Waals surface area contributed by atoms with Gasteiger partial charge in [-0.15, -0.1) is 11.3 Å². The highest BCUT2D eigenvalue weighted by Crippen LogP contribution is 2.33. The van der Waals surface area contributed by atoms with E-state index >= 15 is 0 Å². The number of nitrogens with one attached hydrogen (secondary N) is 1. The number of halogens is 1. The molecule has 0 radical (unpaired) electrons. The van der Waals surface area contributed by atoms with Crippen molar-refractivity contribution < 1.29 is 13.2 Å². The van der Waals surface area contributed by atoms with Crippen LogP contribution < -0.4 is 5.32 Å². The van der Waals surface area contributed by atoms with Crippen molar-refractivity contribution >= 4 is 48.3 Å². The second kappa shape index (κ2) is 7.03. The summed E-state index contributed by atoms with van der Waals surface area (Å²) in [4.78, 5) is 17.8. The van der Waals surface area contributed by atoms with Gasteiger partial charge >= 0.3 is 0 Å². The van der Waals surface area contributed by atoms with Gasteiger partial charge in [0.2, 0.25) is 15.9 Å². The number of carbonyl (C=O) groups is 1. The summed E-state index contributed by atoms with van der Waals surface area (Å²) in [7, 11) is -3.54. The Kier molecular flexibility index (Phi) is 4.89. The molecule has 0 atom stereocenters. The van der Waals surface area contributed by atoms with Crippen molar-refractivity contribution in [2.45, 2.75) is 37.1 Å². The van der Waals surface area contributed by atoms with Gasteiger partial charge < -0.3 is 5.32 Å². The lowest BCUT2D eigenvalue weighted by atomic mass is 9.85. The minimum atomic E-state index is -3.54. The summed E-state index contributed by atoms with van der Waals surface area (Å²) >= 11 is 4.70. The van der Waals surface area contributed by atoms with Gasteiger partial charge in [-0.25, -0.2) is 13.4 Å². The fourth-order valence-electron chi connectivity index (χ4n) is 3.06. The van der Waals surface area contributed by atoms with E-state index in [2.05, 4.69) is 26.2 Å². The number of nitrogens with zero attached hydrogens (tertiary/aromatic N) is 2. The van der Waals surface area contributed by atoms with Crippen LogP contribution in [0.3, 0.4) is 0 Å². The molecule has 1 aliphatic carbocycles. The zero-order chi connectivity index (χ0) is 18.3. The van der Waals surface area contributed by atoms with Crippen LogP contribution in [0.15, 0.2) is 33.6 Å². The Morgan fingerprint density at radius 2 is 2.00 bits per heavy atom. The van der Waals surface area contributed by atoms with E-state index in [-0.39, 0.29) is 16.7 Å². The molecule has 1 aliphatic heterocycles. The van der Waals surface area contributed by atoms with E-state index in [1.165, 1.54) is 15.6 Å². The van der Waals surface area contributed by atoms with E-state index in [0.29, 0.717) is 24.6 Å². The third-order valence-electron chi connectivity index (χ3n) is 4.85. The highest BCUT2D eigenvalue weighted by Gasteiger charge is 2.31. The van der Waals surface area contributed by atoms with Crippen LogP contribution in [-0.2, 0) is 27.8 Å². The van der Waals surface area contributed by atoms with Crippen LogP contribution in [0.2, 0.25) is 0 Å². The summed E-state index contributed by atoms with van der Waals surface area (Å²) in [6, 6.07) is 6.66. The van der Waals surface area contributed by atoms with Gasteiger partial charge in [0.15, 0.2) is 5.13 Å². The molecule has 1 aromatic carbocycles. The van der Waals surface area contributed by atoms with Crippen LogP contribution in [0.25, 0.3) is 0 Å². The summed E-state index contributed by atoms with van der Waals surface area (Å²) in [5.74, 6) is 0.131. The topological polar surface area (TPSA) is 79.4 Å². The molecule has 1 amide bonds. The fraction of sp³-hybridized carbons (Fsp3) is 0.412. The smallest absolute Gasteiger partial charge is 0.243 e. The minimum Gasteiger partial charge on any atom is -0.302 e. The van der Waals surface area contributed by atoms with E-state index in [1.54, 1.807) is 24.3 Å². The van der Waals surface area contributed by atoms with E-state index in [1.807, 2.05) is 0 Å². The lowest BCUT2D eigenvalue weighted by Crippen LogP contribution is -2.35. The molecule has 1 fully saturated rings. The molecule has 2 aromatic rings. The monoisotopic (exact) mass is 455 g/mol. The number of hydrogen-bond donors (Lipinski definition) is 1. The molecule has 2 heterocycles. The first-order chi connectivity index (χ1) is 12.4. The average molecular weight is 456 g/mol. The number of benzene rings is 1. The van der Waals surface area contributed by atoms with E-state index in [4.69, 9.17) is 0 Å². The average Bonchev–Trinajstić information content (AvgIpc) is 2.94. The van der Waals surface area contributed by atoms with Crippen molar-refractivity contribution in [1.82, 2.24) is 9.29 Å². The number of anilines is 1. The van der Waals surface area contributed by atoms with Crippen molar-refractivity contribution in [3.63, 3.8) is 0 Å². The minimum absolute atomic E-state index is 0.0293. The lowest BCUT2D eigenvalue weighted by molar-refractivity contribution is -0.122. The van der Waals surface area contributed by atoms with Gasteiger partial charge in [0, 0.05) is 28.2 Å². The highest BCUT2D eigenvalue weighted by molar-refractivity contribution is 9.10. The Bertz CT molecular complexity index is 937. The van der Waals surface area contributed by atoms with Crippen molar-refractivity contribution in [2.24, 2.45) is 5.92 Å². The molecule has 0 unspecified atom stereocenters. The van der Waals surface area contributed by atoms with Gasteiger partial charge in [0.05, 0.1) is 17.1 Å². The molecule has 1 aromatic heterocycles. The number of rotatable bonds is 4. The highest BCUT2D eigenvalue weighted by atomic mass is 79.9. The Hall–Kier alpha value is -1.29. The summed E-state index contributed by atoms with van der Waals surface area (Å²) < 4.78 is 28.0. The standard InChI is InChI=1S/C17H18BrN3O3S2/c18-12-4-6-13(7-5-12)26(23,24)21-9-8-14-15(10-21)25-17(19-14)20-16(22)11-2-1-3-11/h4-7,11H,1-3,8-10H2,(H,19,20,22). The summed E-state index contributed by atoms with van der Waals surface area (Å²) in [5, 5.41) is 3.47. The zero-order valence-corrected chi connectivity index (χ0v) is 17.2. The van der Waals surface area contributed by atoms with Gasteiger partial charge in [0.1, 0.15) is 0 Å². The number of thiazole rings is 1. The van der Waals surface area contributed by atoms with Gasteiger partial charge in [-0.3, -0.25) is 4.79 Å². The zero-order valence-electron chi connectivity index (χ0n) is 13.9. The van der Waals surface area contributed by atoms with E-state index in [9.17, 15) is 13.2 Å². The molecular formula is C17H18BrN3O3S2. The number of aromatic nitrogens is 1. The molecule has 1 saturated carbocycles. The van der Waals surface area contributed by atoms with Crippen LogP contribution in [0.4, 0.5) is 5.13 Å². The number of carbonyl (C=O) groups excluding carboxylic acids is 1. The lowest BCUT2D eigenvalue weighted by Gasteiger charge is -2.25. The van der Waals surface area contributed by atoms with E-state index < -0.39 is 10.0 Å². The fourth-order valence-corrected chi connectivity index (χ4v) is 5.85. The Labute approximate surface area is 164 Å². The molecule has 138 valence electrons. The summed E-state index contributed by atoms with van der Waals surface area (Å²) in [6.07, 6.45) is 3.54. The largest absolute Gasteiger partial charge is 0.302 e. The van der Waals surface area contributed by atoms with Gasteiger partial charge in [0.25, 0.3) is 0 Å². The van der Waals surface area contributed by atoms with Crippen molar-refractivity contribution in [3.05, 3.63) is 39.3 Å². The summed E-state index contributed by atoms with van der Waals surface area (Å²) in [6.45, 7) is 0.690. The number of fused-ring (bicyclic) bond motifs is 1. The van der Waals surface area contributed by atoms with Crippen LogP contribution in [0.1, 0.15) is 29.8 Å². The maximum absolute atomic E-state index is 12.9. The second-order valence-electron chi connectivity index (χ2n) is 6.55. The molecule has 1 N–H and O–H groups in total. The quantitative estimate of drug-likeness (QED) is 0.765.